The molecule has 0 radical (unpaired) electrons. The highest BCUT2D eigenvalue weighted by Gasteiger charge is 2.28. The number of esters is 1. The van der Waals surface area contributed by atoms with Crippen molar-refractivity contribution in [1.82, 2.24) is 10.2 Å². The molecule has 7 heteroatoms. The zero-order valence-corrected chi connectivity index (χ0v) is 12.2. The molecule has 2 rings (SSSR count). The van der Waals surface area contributed by atoms with E-state index in [0.717, 1.165) is 5.56 Å². The number of amides is 3. The lowest BCUT2D eigenvalue weighted by Gasteiger charge is -2.19. The van der Waals surface area contributed by atoms with E-state index in [1.807, 2.05) is 30.3 Å². The molecule has 1 unspecified atom stereocenters. The first-order chi connectivity index (χ1) is 10.6. The van der Waals surface area contributed by atoms with Gasteiger partial charge >= 0.3 is 12.0 Å². The smallest absolute Gasteiger partial charge is 0.317 e. The van der Waals surface area contributed by atoms with E-state index < -0.39 is 17.8 Å². The Morgan fingerprint density at radius 2 is 2.05 bits per heavy atom. The maximum absolute atomic E-state index is 11.8. The molecule has 1 aromatic carbocycles. The van der Waals surface area contributed by atoms with Gasteiger partial charge in [-0.3, -0.25) is 9.59 Å². The number of nitrogens with zero attached hydrogens (tertiary/aromatic N) is 1. The summed E-state index contributed by atoms with van der Waals surface area (Å²) in [5.41, 5.74) is 6.18. The molecule has 3 N–H and O–H groups in total. The van der Waals surface area contributed by atoms with E-state index in [-0.39, 0.29) is 25.6 Å². The quantitative estimate of drug-likeness (QED) is 0.705. The van der Waals surface area contributed by atoms with E-state index >= 15 is 0 Å². The van der Waals surface area contributed by atoms with Gasteiger partial charge in [0, 0.05) is 19.6 Å². The van der Waals surface area contributed by atoms with Crippen LogP contribution in [0.1, 0.15) is 12.0 Å². The number of carbonyl (C=O) groups is 3. The highest BCUT2D eigenvalue weighted by atomic mass is 16.5. The standard InChI is InChI=1S/C15H19N3O4/c16-14(20)12(9-18-7-6-17-15(18)21)8-13(19)22-10-11-4-2-1-3-5-11/h1-5,12H,6-10H2,(H2,16,20)(H,17,21). The average Bonchev–Trinajstić information content (AvgIpc) is 2.91. The number of carbonyl (C=O) groups excluding carboxylic acids is 3. The minimum Gasteiger partial charge on any atom is -0.461 e. The highest BCUT2D eigenvalue weighted by molar-refractivity contribution is 5.84. The Bertz CT molecular complexity index is 547. The van der Waals surface area contributed by atoms with Crippen LogP contribution in [0.4, 0.5) is 4.79 Å². The van der Waals surface area contributed by atoms with Crippen LogP contribution >= 0.6 is 0 Å². The van der Waals surface area contributed by atoms with E-state index in [9.17, 15) is 14.4 Å². The summed E-state index contributed by atoms with van der Waals surface area (Å²) in [5.74, 6) is -1.87. The Labute approximate surface area is 128 Å². The summed E-state index contributed by atoms with van der Waals surface area (Å²) in [6, 6.07) is 9.00. The van der Waals surface area contributed by atoms with Gasteiger partial charge in [-0.05, 0) is 5.56 Å². The molecule has 1 atom stereocenters. The predicted octanol–water partition coefficient (Wildman–Crippen LogP) is 0.247. The van der Waals surface area contributed by atoms with Gasteiger partial charge in [0.25, 0.3) is 0 Å². The second-order valence-electron chi connectivity index (χ2n) is 5.13. The van der Waals surface area contributed by atoms with Crippen molar-refractivity contribution < 1.29 is 19.1 Å². The van der Waals surface area contributed by atoms with Crippen molar-refractivity contribution in [2.45, 2.75) is 13.0 Å². The molecule has 3 amide bonds. The number of nitrogens with two attached hydrogens (primary N) is 1. The fraction of sp³-hybridized carbons (Fsp3) is 0.400. The molecular weight excluding hydrogens is 286 g/mol. The number of ether oxygens (including phenoxy) is 1. The molecule has 0 spiro atoms. The number of benzene rings is 1. The summed E-state index contributed by atoms with van der Waals surface area (Å²) in [4.78, 5) is 36.2. The van der Waals surface area contributed by atoms with Crippen molar-refractivity contribution in [1.29, 1.82) is 0 Å². The fourth-order valence-electron chi connectivity index (χ4n) is 2.20. The molecule has 1 aromatic rings. The number of hydrogen-bond acceptors (Lipinski definition) is 4. The maximum atomic E-state index is 11.8. The first-order valence-corrected chi connectivity index (χ1v) is 7.08. The van der Waals surface area contributed by atoms with Crippen LogP contribution in [-0.2, 0) is 20.9 Å². The Balaban J connectivity index is 1.83. The summed E-state index contributed by atoms with van der Waals surface area (Å²) in [5, 5.41) is 2.63. The minimum atomic E-state index is -0.743. The summed E-state index contributed by atoms with van der Waals surface area (Å²) in [7, 11) is 0. The molecule has 7 nitrogen and oxygen atoms in total. The molecule has 0 aliphatic carbocycles. The van der Waals surface area contributed by atoms with E-state index in [1.54, 1.807) is 0 Å². The predicted molar refractivity (Wildman–Crippen MR) is 78.5 cm³/mol. The van der Waals surface area contributed by atoms with Crippen molar-refractivity contribution in [3.8, 4) is 0 Å². The minimum absolute atomic E-state index is 0.127. The summed E-state index contributed by atoms with van der Waals surface area (Å²) in [6.07, 6.45) is -0.133. The van der Waals surface area contributed by atoms with Crippen molar-refractivity contribution >= 4 is 17.9 Å². The summed E-state index contributed by atoms with van der Waals surface area (Å²) < 4.78 is 5.13. The topological polar surface area (TPSA) is 102 Å². The molecule has 1 aliphatic heterocycles. The molecule has 1 saturated heterocycles. The molecule has 1 heterocycles. The SMILES string of the molecule is NC(=O)C(CC(=O)OCc1ccccc1)CN1CCNC1=O. The van der Waals surface area contributed by atoms with Crippen LogP contribution in [0.3, 0.4) is 0 Å². The van der Waals surface area contributed by atoms with Crippen molar-refractivity contribution in [3.63, 3.8) is 0 Å². The van der Waals surface area contributed by atoms with Crippen molar-refractivity contribution in [2.24, 2.45) is 11.7 Å². The first-order valence-electron chi connectivity index (χ1n) is 7.08. The third-order valence-corrected chi connectivity index (χ3v) is 3.44. The monoisotopic (exact) mass is 305 g/mol. The third kappa shape index (κ3) is 4.47. The van der Waals surface area contributed by atoms with Crippen LogP contribution in [0.25, 0.3) is 0 Å². The highest BCUT2D eigenvalue weighted by Crippen LogP contribution is 2.11. The second-order valence-corrected chi connectivity index (χ2v) is 5.13. The molecule has 0 aromatic heterocycles. The van der Waals surface area contributed by atoms with Crippen LogP contribution in [-0.4, -0.2) is 42.4 Å². The van der Waals surface area contributed by atoms with Crippen LogP contribution < -0.4 is 11.1 Å². The normalized spacial score (nSPS) is 15.3. The molecule has 0 bridgehead atoms. The zero-order valence-electron chi connectivity index (χ0n) is 12.2. The van der Waals surface area contributed by atoms with E-state index in [4.69, 9.17) is 10.5 Å². The van der Waals surface area contributed by atoms with E-state index in [0.29, 0.717) is 13.1 Å². The van der Waals surface area contributed by atoms with Gasteiger partial charge in [0.05, 0.1) is 12.3 Å². The third-order valence-electron chi connectivity index (χ3n) is 3.44. The van der Waals surface area contributed by atoms with Gasteiger partial charge < -0.3 is 20.7 Å². The molecule has 0 saturated carbocycles. The zero-order chi connectivity index (χ0) is 15.9. The van der Waals surface area contributed by atoms with Gasteiger partial charge in [0.15, 0.2) is 0 Å². The molecule has 1 aliphatic rings. The molecule has 118 valence electrons. The largest absolute Gasteiger partial charge is 0.461 e. The van der Waals surface area contributed by atoms with Gasteiger partial charge in [-0.1, -0.05) is 30.3 Å². The van der Waals surface area contributed by atoms with E-state index in [2.05, 4.69) is 5.32 Å². The molecule has 1 fully saturated rings. The molecule has 22 heavy (non-hydrogen) atoms. The van der Waals surface area contributed by atoms with Crippen molar-refractivity contribution in [2.75, 3.05) is 19.6 Å². The Hall–Kier alpha value is -2.57. The van der Waals surface area contributed by atoms with Gasteiger partial charge in [0.2, 0.25) is 5.91 Å². The summed E-state index contributed by atoms with van der Waals surface area (Å²) in [6.45, 7) is 1.31. The lowest BCUT2D eigenvalue weighted by molar-refractivity contribution is -0.147. The fourth-order valence-corrected chi connectivity index (χ4v) is 2.20. The number of primary amides is 1. The van der Waals surface area contributed by atoms with Crippen LogP contribution in [0.15, 0.2) is 30.3 Å². The van der Waals surface area contributed by atoms with Crippen molar-refractivity contribution in [3.05, 3.63) is 35.9 Å². The average molecular weight is 305 g/mol. The number of nitrogens with one attached hydrogen (secondary N) is 1. The number of rotatable bonds is 7. The van der Waals surface area contributed by atoms with Crippen LogP contribution in [0.5, 0.6) is 0 Å². The Morgan fingerprint density at radius 3 is 2.64 bits per heavy atom. The second kappa shape index (κ2) is 7.44. The van der Waals surface area contributed by atoms with Gasteiger partial charge in [0.1, 0.15) is 6.61 Å². The first kappa shape index (κ1) is 15.8. The summed E-state index contributed by atoms with van der Waals surface area (Å²) >= 11 is 0. The van der Waals surface area contributed by atoms with Gasteiger partial charge in [-0.2, -0.15) is 0 Å². The maximum Gasteiger partial charge on any atom is 0.317 e. The number of hydrogen-bond donors (Lipinski definition) is 2. The van der Waals surface area contributed by atoms with Crippen LogP contribution in [0, 0.1) is 5.92 Å². The Kier molecular flexibility index (Phi) is 5.35. The molecular formula is C15H19N3O4. The van der Waals surface area contributed by atoms with E-state index in [1.165, 1.54) is 4.90 Å². The number of urea groups is 1. The Morgan fingerprint density at radius 1 is 1.32 bits per heavy atom. The lowest BCUT2D eigenvalue weighted by atomic mass is 10.0. The lowest BCUT2D eigenvalue weighted by Crippen LogP contribution is -2.39. The van der Waals surface area contributed by atoms with Gasteiger partial charge in [-0.25, -0.2) is 4.79 Å². The van der Waals surface area contributed by atoms with Crippen LogP contribution in [0.2, 0.25) is 0 Å². The van der Waals surface area contributed by atoms with Gasteiger partial charge in [-0.15, -0.1) is 0 Å².